The van der Waals surface area contributed by atoms with E-state index in [0.29, 0.717) is 26.0 Å². The van der Waals surface area contributed by atoms with Gasteiger partial charge in [0.25, 0.3) is 5.91 Å². The summed E-state index contributed by atoms with van der Waals surface area (Å²) in [5.74, 6) is -2.13. The number of rotatable bonds is 4. The molecule has 1 N–H and O–H groups in total. The molecule has 29 heavy (non-hydrogen) atoms. The Labute approximate surface area is 168 Å². The first-order chi connectivity index (χ1) is 14.1. The molecule has 2 heterocycles. The van der Waals surface area contributed by atoms with E-state index in [0.717, 1.165) is 30.4 Å². The third kappa shape index (κ3) is 3.82. The van der Waals surface area contributed by atoms with E-state index in [1.54, 1.807) is 4.90 Å². The molecule has 6 nitrogen and oxygen atoms in total. The van der Waals surface area contributed by atoms with Crippen molar-refractivity contribution in [1.82, 2.24) is 4.90 Å². The molecule has 2 saturated heterocycles. The zero-order chi connectivity index (χ0) is 20.4. The van der Waals surface area contributed by atoms with Crippen molar-refractivity contribution in [2.24, 2.45) is 0 Å². The Morgan fingerprint density at radius 2 is 1.97 bits per heavy atom. The van der Waals surface area contributed by atoms with Crippen molar-refractivity contribution < 1.29 is 23.8 Å². The van der Waals surface area contributed by atoms with Gasteiger partial charge in [0.15, 0.2) is 17.9 Å². The minimum Gasteiger partial charge on any atom is -0.504 e. The van der Waals surface area contributed by atoms with Crippen molar-refractivity contribution in [3.05, 3.63) is 58.9 Å². The number of anilines is 1. The van der Waals surface area contributed by atoms with Crippen LogP contribution in [0.3, 0.4) is 0 Å². The minimum absolute atomic E-state index is 0.0324. The lowest BCUT2D eigenvalue weighted by molar-refractivity contribution is -0.00271. The van der Waals surface area contributed by atoms with Crippen LogP contribution in [0.2, 0.25) is 0 Å². The van der Waals surface area contributed by atoms with E-state index >= 15 is 0 Å². The van der Waals surface area contributed by atoms with Crippen LogP contribution in [-0.2, 0) is 4.74 Å². The number of morpholine rings is 1. The van der Waals surface area contributed by atoms with Crippen molar-refractivity contribution >= 4 is 17.9 Å². The summed E-state index contributed by atoms with van der Waals surface area (Å²) >= 11 is 0. The molecule has 2 fully saturated rings. The van der Waals surface area contributed by atoms with Crippen molar-refractivity contribution in [2.45, 2.75) is 18.9 Å². The van der Waals surface area contributed by atoms with Crippen LogP contribution in [0.4, 0.5) is 10.1 Å². The fourth-order valence-electron chi connectivity index (χ4n) is 4.03. The maximum atomic E-state index is 14.0. The first-order valence-electron chi connectivity index (χ1n) is 9.80. The first kappa shape index (κ1) is 19.4. The number of nitrogens with zero attached hydrogens (tertiary/aromatic N) is 2. The van der Waals surface area contributed by atoms with E-state index in [4.69, 9.17) is 4.74 Å². The number of amides is 1. The van der Waals surface area contributed by atoms with Crippen molar-refractivity contribution in [3.8, 4) is 5.75 Å². The van der Waals surface area contributed by atoms with Gasteiger partial charge in [-0.3, -0.25) is 9.59 Å². The number of hydrogen-bond donors (Lipinski definition) is 1. The van der Waals surface area contributed by atoms with Gasteiger partial charge in [-0.05, 0) is 42.7 Å². The number of phenolic OH excluding ortho intramolecular Hbond substituents is 1. The summed E-state index contributed by atoms with van der Waals surface area (Å²) in [5.41, 5.74) is 1.87. The highest BCUT2D eigenvalue weighted by atomic mass is 19.1. The number of benzene rings is 2. The number of carbonyl (C=O) groups excluding carboxylic acids is 2. The number of ether oxygens (including phenoxy) is 1. The molecular weight excluding hydrogens is 375 g/mol. The van der Waals surface area contributed by atoms with Crippen LogP contribution in [0.1, 0.15) is 45.2 Å². The summed E-state index contributed by atoms with van der Waals surface area (Å²) in [5, 5.41) is 9.62. The van der Waals surface area contributed by atoms with Crippen LogP contribution >= 0.6 is 0 Å². The highest BCUT2D eigenvalue weighted by molar-refractivity contribution is 5.97. The molecule has 0 bridgehead atoms. The number of aromatic hydroxyl groups is 1. The lowest BCUT2D eigenvalue weighted by atomic mass is 10.0. The maximum Gasteiger partial charge on any atom is 0.254 e. The van der Waals surface area contributed by atoms with Crippen molar-refractivity contribution in [3.63, 3.8) is 0 Å². The lowest BCUT2D eigenvalue weighted by Crippen LogP contribution is -2.43. The number of aldehydes is 1. The normalized spacial score (nSPS) is 19.4. The Bertz CT molecular complexity index is 927. The van der Waals surface area contributed by atoms with Gasteiger partial charge in [0, 0.05) is 30.9 Å². The predicted molar refractivity (Wildman–Crippen MR) is 106 cm³/mol. The smallest absolute Gasteiger partial charge is 0.254 e. The molecule has 2 aliphatic heterocycles. The van der Waals surface area contributed by atoms with Gasteiger partial charge < -0.3 is 19.6 Å². The van der Waals surface area contributed by atoms with Crippen LogP contribution in [0, 0.1) is 5.82 Å². The zero-order valence-electron chi connectivity index (χ0n) is 16.0. The molecule has 1 atom stereocenters. The number of carbonyl (C=O) groups is 2. The van der Waals surface area contributed by atoms with Gasteiger partial charge in [-0.1, -0.05) is 12.1 Å². The molecule has 1 amide bonds. The molecule has 152 valence electrons. The Morgan fingerprint density at radius 1 is 1.17 bits per heavy atom. The largest absolute Gasteiger partial charge is 0.504 e. The molecule has 0 saturated carbocycles. The van der Waals surface area contributed by atoms with Crippen LogP contribution in [0.15, 0.2) is 36.4 Å². The van der Waals surface area contributed by atoms with Gasteiger partial charge in [0.1, 0.15) is 0 Å². The Morgan fingerprint density at radius 3 is 2.72 bits per heavy atom. The van der Waals surface area contributed by atoms with E-state index in [9.17, 15) is 19.1 Å². The molecule has 1 unspecified atom stereocenters. The second kappa shape index (κ2) is 8.21. The van der Waals surface area contributed by atoms with Gasteiger partial charge in [0.2, 0.25) is 0 Å². The fourth-order valence-corrected chi connectivity index (χ4v) is 4.03. The van der Waals surface area contributed by atoms with Crippen LogP contribution in [0.5, 0.6) is 5.75 Å². The van der Waals surface area contributed by atoms with E-state index in [1.807, 2.05) is 12.1 Å². The van der Waals surface area contributed by atoms with E-state index in [2.05, 4.69) is 17.0 Å². The number of halogens is 1. The van der Waals surface area contributed by atoms with Crippen molar-refractivity contribution in [1.29, 1.82) is 0 Å². The molecule has 0 aromatic heterocycles. The molecule has 7 heteroatoms. The first-order valence-corrected chi connectivity index (χ1v) is 9.80. The fraction of sp³-hybridized carbons (Fsp3) is 0.364. The second-order valence-corrected chi connectivity index (χ2v) is 7.39. The highest BCUT2D eigenvalue weighted by Gasteiger charge is 2.30. The molecule has 0 spiro atoms. The van der Waals surface area contributed by atoms with E-state index < -0.39 is 17.5 Å². The van der Waals surface area contributed by atoms with Gasteiger partial charge in [-0.25, -0.2) is 4.39 Å². The summed E-state index contributed by atoms with van der Waals surface area (Å²) in [7, 11) is 0. The SMILES string of the molecule is O=Cc1cc(C(=O)N2CCOCC2c2cccc(N3CCCC3)c2)cc(F)c1O. The average molecular weight is 398 g/mol. The number of hydrogen-bond acceptors (Lipinski definition) is 5. The Kier molecular flexibility index (Phi) is 5.49. The van der Waals surface area contributed by atoms with Crippen LogP contribution < -0.4 is 4.90 Å². The van der Waals surface area contributed by atoms with Gasteiger partial charge in [0.05, 0.1) is 24.8 Å². The van der Waals surface area contributed by atoms with E-state index in [1.165, 1.54) is 18.9 Å². The molecule has 2 aromatic carbocycles. The van der Waals surface area contributed by atoms with Gasteiger partial charge in [-0.15, -0.1) is 0 Å². The highest BCUT2D eigenvalue weighted by Crippen LogP contribution is 2.31. The third-order valence-corrected chi connectivity index (χ3v) is 5.58. The Balaban J connectivity index is 1.64. The minimum atomic E-state index is -0.987. The molecular formula is C22H23FN2O4. The standard InChI is InChI=1S/C22H23FN2O4/c23-19-12-16(10-17(13-26)21(19)27)22(28)25-8-9-29-14-20(25)15-4-3-5-18(11-15)24-6-1-2-7-24/h3-5,10-13,20,27H,1-2,6-9,14H2. The monoisotopic (exact) mass is 398 g/mol. The average Bonchev–Trinajstić information content (AvgIpc) is 3.30. The molecule has 2 aromatic rings. The lowest BCUT2D eigenvalue weighted by Gasteiger charge is -2.36. The maximum absolute atomic E-state index is 14.0. The molecule has 2 aliphatic rings. The second-order valence-electron chi connectivity index (χ2n) is 7.39. The third-order valence-electron chi connectivity index (χ3n) is 5.58. The summed E-state index contributed by atoms with van der Waals surface area (Å²) in [4.78, 5) is 28.2. The summed E-state index contributed by atoms with van der Waals surface area (Å²) < 4.78 is 19.6. The Hall–Kier alpha value is -2.93. The topological polar surface area (TPSA) is 70.1 Å². The van der Waals surface area contributed by atoms with Gasteiger partial charge in [-0.2, -0.15) is 0 Å². The summed E-state index contributed by atoms with van der Waals surface area (Å²) in [6.45, 7) is 3.13. The van der Waals surface area contributed by atoms with Crippen molar-refractivity contribution in [2.75, 3.05) is 37.7 Å². The zero-order valence-corrected chi connectivity index (χ0v) is 16.0. The molecule has 0 radical (unpaired) electrons. The van der Waals surface area contributed by atoms with Gasteiger partial charge >= 0.3 is 0 Å². The summed E-state index contributed by atoms with van der Waals surface area (Å²) in [6.07, 6.45) is 2.69. The number of phenols is 1. The summed E-state index contributed by atoms with van der Waals surface area (Å²) in [6, 6.07) is 9.97. The quantitative estimate of drug-likeness (QED) is 0.802. The van der Waals surface area contributed by atoms with E-state index in [-0.39, 0.29) is 17.2 Å². The molecule has 0 aliphatic carbocycles. The molecule has 4 rings (SSSR count). The van der Waals surface area contributed by atoms with Crippen LogP contribution in [0.25, 0.3) is 0 Å². The van der Waals surface area contributed by atoms with Crippen LogP contribution in [-0.4, -0.2) is 55.0 Å². The predicted octanol–water partition coefficient (Wildman–Crippen LogP) is 3.16.